The molecule has 0 saturated carbocycles. The molecule has 1 atom stereocenters. The van der Waals surface area contributed by atoms with Gasteiger partial charge >= 0.3 is 6.09 Å². The maximum atomic E-state index is 12.4. The Labute approximate surface area is 154 Å². The number of halogens is 1. The highest BCUT2D eigenvalue weighted by Gasteiger charge is 2.13. The second-order valence-corrected chi connectivity index (χ2v) is 6.34. The van der Waals surface area contributed by atoms with Gasteiger partial charge in [0, 0.05) is 35.6 Å². The van der Waals surface area contributed by atoms with Crippen LogP contribution in [0.2, 0.25) is 5.02 Å². The minimum absolute atomic E-state index is 0.244. The Kier molecular flexibility index (Phi) is 4.81. The van der Waals surface area contributed by atoms with Crippen LogP contribution in [-0.4, -0.2) is 28.2 Å². The van der Waals surface area contributed by atoms with Crippen molar-refractivity contribution in [3.8, 4) is 0 Å². The van der Waals surface area contributed by atoms with Crippen LogP contribution in [-0.2, 0) is 0 Å². The first kappa shape index (κ1) is 17.8. The minimum Gasteiger partial charge on any atom is -0.465 e. The van der Waals surface area contributed by atoms with Gasteiger partial charge in [0.05, 0.1) is 11.1 Å². The summed E-state index contributed by atoms with van der Waals surface area (Å²) in [6.07, 6.45) is 0.427. The molecule has 0 saturated heterocycles. The summed E-state index contributed by atoms with van der Waals surface area (Å²) in [4.78, 5) is 31.4. The molecular weight excluding hydrogens is 356 g/mol. The number of nitrogens with zero attached hydrogens (tertiary/aromatic N) is 2. The lowest BCUT2D eigenvalue weighted by Crippen LogP contribution is -2.24. The Bertz CT molecular complexity index is 1030. The average Bonchev–Trinajstić information content (AvgIpc) is 2.60. The first-order valence-electron chi connectivity index (χ1n) is 7.87. The van der Waals surface area contributed by atoms with Crippen LogP contribution < -0.4 is 15.8 Å². The predicted octanol–water partition coefficient (Wildman–Crippen LogP) is 3.86. The topological polar surface area (TPSA) is 98.3 Å². The SMILES string of the molecule is C[C@H](Nc1cccc(N(C)C(=O)O)c1)c1cc2cc(Cl)cnc2[nH]c1=O. The van der Waals surface area contributed by atoms with Crippen molar-refractivity contribution in [1.29, 1.82) is 0 Å². The van der Waals surface area contributed by atoms with Crippen LogP contribution in [0.3, 0.4) is 0 Å². The summed E-state index contributed by atoms with van der Waals surface area (Å²) in [6.45, 7) is 1.85. The molecule has 0 radical (unpaired) electrons. The van der Waals surface area contributed by atoms with Crippen LogP contribution in [0.5, 0.6) is 0 Å². The molecule has 0 aliphatic rings. The van der Waals surface area contributed by atoms with Gasteiger partial charge in [0.15, 0.2) is 0 Å². The molecule has 3 N–H and O–H groups in total. The van der Waals surface area contributed by atoms with E-state index in [9.17, 15) is 9.59 Å². The molecule has 3 rings (SSSR count). The van der Waals surface area contributed by atoms with Crippen molar-refractivity contribution in [2.75, 3.05) is 17.3 Å². The molecule has 1 aromatic carbocycles. The Balaban J connectivity index is 1.91. The van der Waals surface area contributed by atoms with E-state index >= 15 is 0 Å². The summed E-state index contributed by atoms with van der Waals surface area (Å²) >= 11 is 5.97. The van der Waals surface area contributed by atoms with Crippen molar-refractivity contribution >= 4 is 40.1 Å². The van der Waals surface area contributed by atoms with E-state index in [1.54, 1.807) is 30.3 Å². The maximum Gasteiger partial charge on any atom is 0.411 e. The molecule has 7 nitrogen and oxygen atoms in total. The summed E-state index contributed by atoms with van der Waals surface area (Å²) < 4.78 is 0. The summed E-state index contributed by atoms with van der Waals surface area (Å²) in [5.74, 6) is 0. The van der Waals surface area contributed by atoms with Gasteiger partial charge in [-0.05, 0) is 37.3 Å². The average molecular weight is 373 g/mol. The van der Waals surface area contributed by atoms with Gasteiger partial charge < -0.3 is 15.4 Å². The van der Waals surface area contributed by atoms with Gasteiger partial charge in [0.2, 0.25) is 0 Å². The number of amides is 1. The van der Waals surface area contributed by atoms with E-state index in [2.05, 4.69) is 15.3 Å². The highest BCUT2D eigenvalue weighted by atomic mass is 35.5. The molecule has 2 aromatic heterocycles. The van der Waals surface area contributed by atoms with Gasteiger partial charge in [0.1, 0.15) is 5.65 Å². The fraction of sp³-hybridized carbons (Fsp3) is 0.167. The Morgan fingerprint density at radius 3 is 2.85 bits per heavy atom. The van der Waals surface area contributed by atoms with Crippen molar-refractivity contribution in [2.45, 2.75) is 13.0 Å². The normalized spacial score (nSPS) is 12.0. The van der Waals surface area contributed by atoms with Gasteiger partial charge in [-0.2, -0.15) is 0 Å². The monoisotopic (exact) mass is 372 g/mol. The lowest BCUT2D eigenvalue weighted by atomic mass is 10.1. The summed E-state index contributed by atoms with van der Waals surface area (Å²) in [5, 5.41) is 13.5. The zero-order chi connectivity index (χ0) is 18.8. The second kappa shape index (κ2) is 7.05. The van der Waals surface area contributed by atoms with Crippen molar-refractivity contribution in [2.24, 2.45) is 0 Å². The number of H-pyrrole nitrogens is 1. The molecule has 2 heterocycles. The molecular formula is C18H17ClN4O3. The van der Waals surface area contributed by atoms with E-state index in [1.807, 2.05) is 13.0 Å². The standard InChI is InChI=1S/C18H17ClN4O3/c1-10(21-13-4-3-5-14(8-13)23(2)18(25)26)15-7-11-6-12(19)9-20-16(11)22-17(15)24/h3-10,21H,1-2H3,(H,25,26)(H,20,22,24)/t10-/m0/s1. The van der Waals surface area contributed by atoms with Crippen LogP contribution in [0, 0.1) is 0 Å². The molecule has 8 heteroatoms. The second-order valence-electron chi connectivity index (χ2n) is 5.90. The lowest BCUT2D eigenvalue weighted by Gasteiger charge is -2.18. The van der Waals surface area contributed by atoms with E-state index in [0.29, 0.717) is 27.6 Å². The number of hydrogen-bond acceptors (Lipinski definition) is 4. The van der Waals surface area contributed by atoms with Gasteiger partial charge in [-0.25, -0.2) is 9.78 Å². The van der Waals surface area contributed by atoms with Crippen LogP contribution in [0.4, 0.5) is 16.2 Å². The third kappa shape index (κ3) is 3.62. The summed E-state index contributed by atoms with van der Waals surface area (Å²) in [5.41, 5.74) is 1.98. The lowest BCUT2D eigenvalue weighted by molar-refractivity contribution is 0.203. The number of carboxylic acid groups (broad SMARTS) is 1. The number of fused-ring (bicyclic) bond motifs is 1. The number of hydrogen-bond donors (Lipinski definition) is 3. The molecule has 134 valence electrons. The highest BCUT2D eigenvalue weighted by Crippen LogP contribution is 2.23. The smallest absolute Gasteiger partial charge is 0.411 e. The molecule has 26 heavy (non-hydrogen) atoms. The molecule has 0 bridgehead atoms. The molecule has 0 fully saturated rings. The van der Waals surface area contributed by atoms with Crippen molar-refractivity contribution < 1.29 is 9.90 Å². The Hall–Kier alpha value is -3.06. The molecule has 0 unspecified atom stereocenters. The maximum absolute atomic E-state index is 12.4. The fourth-order valence-electron chi connectivity index (χ4n) is 2.65. The Morgan fingerprint density at radius 1 is 1.35 bits per heavy atom. The minimum atomic E-state index is -1.05. The third-order valence-electron chi connectivity index (χ3n) is 4.06. The number of benzene rings is 1. The number of anilines is 2. The van der Waals surface area contributed by atoms with Crippen molar-refractivity contribution in [1.82, 2.24) is 9.97 Å². The zero-order valence-electron chi connectivity index (χ0n) is 14.2. The molecule has 0 spiro atoms. The van der Waals surface area contributed by atoms with Crippen molar-refractivity contribution in [3.05, 3.63) is 63.5 Å². The van der Waals surface area contributed by atoms with Crippen LogP contribution >= 0.6 is 11.6 Å². The molecule has 0 aliphatic carbocycles. The molecule has 1 amide bonds. The van der Waals surface area contributed by atoms with Crippen LogP contribution in [0.1, 0.15) is 18.5 Å². The quantitative estimate of drug-likeness (QED) is 0.645. The van der Waals surface area contributed by atoms with Gasteiger partial charge in [0.25, 0.3) is 5.56 Å². The number of pyridine rings is 2. The third-order valence-corrected chi connectivity index (χ3v) is 4.27. The number of aromatic amines is 1. The number of aromatic nitrogens is 2. The van der Waals surface area contributed by atoms with Gasteiger partial charge in [-0.1, -0.05) is 17.7 Å². The highest BCUT2D eigenvalue weighted by molar-refractivity contribution is 6.31. The van der Waals surface area contributed by atoms with E-state index in [0.717, 1.165) is 10.3 Å². The summed E-state index contributed by atoms with van der Waals surface area (Å²) in [7, 11) is 1.47. The number of carbonyl (C=O) groups is 1. The first-order valence-corrected chi connectivity index (χ1v) is 8.24. The predicted molar refractivity (Wildman–Crippen MR) is 102 cm³/mol. The fourth-order valence-corrected chi connectivity index (χ4v) is 2.81. The molecule has 3 aromatic rings. The van der Waals surface area contributed by atoms with Gasteiger partial charge in [-0.15, -0.1) is 0 Å². The van der Waals surface area contributed by atoms with E-state index in [4.69, 9.17) is 16.7 Å². The number of rotatable bonds is 4. The van der Waals surface area contributed by atoms with E-state index < -0.39 is 6.09 Å². The zero-order valence-corrected chi connectivity index (χ0v) is 14.9. The first-order chi connectivity index (χ1) is 12.3. The number of nitrogens with one attached hydrogen (secondary N) is 2. The van der Waals surface area contributed by atoms with E-state index in [-0.39, 0.29) is 11.6 Å². The van der Waals surface area contributed by atoms with E-state index in [1.165, 1.54) is 13.2 Å². The van der Waals surface area contributed by atoms with Crippen LogP contribution in [0.25, 0.3) is 11.0 Å². The van der Waals surface area contributed by atoms with Crippen molar-refractivity contribution in [3.63, 3.8) is 0 Å². The van der Waals surface area contributed by atoms with Crippen LogP contribution in [0.15, 0.2) is 47.4 Å². The van der Waals surface area contributed by atoms with Gasteiger partial charge in [-0.3, -0.25) is 9.69 Å². The summed E-state index contributed by atoms with van der Waals surface area (Å²) in [6, 6.07) is 10.1. The molecule has 0 aliphatic heterocycles. The largest absolute Gasteiger partial charge is 0.465 e. The Morgan fingerprint density at radius 2 is 2.12 bits per heavy atom.